The third-order valence-corrected chi connectivity index (χ3v) is 2.41. The van der Waals surface area contributed by atoms with Gasteiger partial charge in [0.1, 0.15) is 5.69 Å². The third kappa shape index (κ3) is 1.47. The largest absolute Gasteiger partial charge is 0.145 e. The van der Waals surface area contributed by atoms with Gasteiger partial charge in [-0.15, -0.1) is 4.91 Å². The van der Waals surface area contributed by atoms with Crippen molar-refractivity contribution in [1.29, 1.82) is 0 Å². The molecule has 0 aliphatic carbocycles. The average molecular weight is 236 g/mol. The molecule has 0 unspecified atom stereocenters. The Morgan fingerprint density at radius 1 is 1.15 bits per heavy atom. The number of rotatable bonds is 1. The molecule has 0 aliphatic rings. The maximum absolute atomic E-state index is 10.4. The molecule has 2 aromatic carbocycles. The monoisotopic (exact) mass is 235 g/mol. The summed E-state index contributed by atoms with van der Waals surface area (Å²) in [7, 11) is 0. The summed E-state index contributed by atoms with van der Waals surface area (Å²) in [5.41, 5.74) is 0.491. The molecule has 0 bridgehead atoms. The summed E-state index contributed by atoms with van der Waals surface area (Å²) >= 11 is 3.37. The molecule has 0 aliphatic heterocycles. The van der Waals surface area contributed by atoms with Crippen molar-refractivity contribution in [3.8, 4) is 0 Å². The van der Waals surface area contributed by atoms with Crippen molar-refractivity contribution in [2.75, 3.05) is 0 Å². The van der Waals surface area contributed by atoms with Crippen molar-refractivity contribution >= 4 is 32.4 Å². The molecular weight excluding hydrogens is 230 g/mol. The third-order valence-electron chi connectivity index (χ3n) is 1.92. The van der Waals surface area contributed by atoms with E-state index < -0.39 is 0 Å². The van der Waals surface area contributed by atoms with E-state index in [0.717, 1.165) is 15.2 Å². The van der Waals surface area contributed by atoms with Crippen LogP contribution in [0.25, 0.3) is 10.8 Å². The summed E-state index contributed by atoms with van der Waals surface area (Å²) in [5.74, 6) is 0. The van der Waals surface area contributed by atoms with Crippen LogP contribution in [0.15, 0.2) is 46.0 Å². The highest BCUT2D eigenvalue weighted by Crippen LogP contribution is 2.27. The van der Waals surface area contributed by atoms with E-state index in [0.29, 0.717) is 5.69 Å². The van der Waals surface area contributed by atoms with Gasteiger partial charge in [-0.25, -0.2) is 0 Å². The zero-order valence-corrected chi connectivity index (χ0v) is 8.28. The maximum atomic E-state index is 10.4. The summed E-state index contributed by atoms with van der Waals surface area (Å²) in [4.78, 5) is 10.4. The zero-order valence-electron chi connectivity index (χ0n) is 6.70. The highest BCUT2D eigenvalue weighted by Gasteiger charge is 1.99. The Bertz CT molecular complexity index is 467. The fraction of sp³-hybridized carbons (Fsp3) is 0. The summed E-state index contributed by atoms with van der Waals surface area (Å²) in [6.07, 6.45) is 0. The lowest BCUT2D eigenvalue weighted by Gasteiger charge is -1.99. The number of nitrogens with zero attached hydrogens (tertiary/aromatic N) is 1. The molecule has 64 valence electrons. The fourth-order valence-electron chi connectivity index (χ4n) is 1.32. The van der Waals surface area contributed by atoms with Crippen LogP contribution < -0.4 is 0 Å². The molecule has 2 rings (SSSR count). The summed E-state index contributed by atoms with van der Waals surface area (Å²) < 4.78 is 1.00. The highest BCUT2D eigenvalue weighted by atomic mass is 79.9. The average Bonchev–Trinajstić information content (AvgIpc) is 2.16. The number of benzene rings is 2. The molecule has 13 heavy (non-hydrogen) atoms. The van der Waals surface area contributed by atoms with Gasteiger partial charge in [-0.1, -0.05) is 34.1 Å². The van der Waals surface area contributed by atoms with E-state index in [-0.39, 0.29) is 0 Å². The van der Waals surface area contributed by atoms with Gasteiger partial charge in [-0.05, 0) is 28.8 Å². The van der Waals surface area contributed by atoms with E-state index >= 15 is 0 Å². The molecule has 0 atom stereocenters. The lowest BCUT2D eigenvalue weighted by molar-refractivity contribution is 1.53. The molecule has 0 spiro atoms. The second-order valence-electron chi connectivity index (χ2n) is 2.73. The first-order valence-electron chi connectivity index (χ1n) is 3.83. The molecule has 0 saturated carbocycles. The van der Waals surface area contributed by atoms with Crippen molar-refractivity contribution < 1.29 is 0 Å². The Morgan fingerprint density at radius 3 is 2.77 bits per heavy atom. The lowest BCUT2D eigenvalue weighted by Crippen LogP contribution is -1.72. The van der Waals surface area contributed by atoms with Crippen molar-refractivity contribution in [1.82, 2.24) is 0 Å². The van der Waals surface area contributed by atoms with E-state index in [4.69, 9.17) is 0 Å². The summed E-state index contributed by atoms with van der Waals surface area (Å²) in [6.45, 7) is 0. The van der Waals surface area contributed by atoms with E-state index in [9.17, 15) is 4.91 Å². The fourth-order valence-corrected chi connectivity index (χ4v) is 1.70. The molecule has 0 fully saturated rings. The van der Waals surface area contributed by atoms with Crippen LogP contribution in [-0.2, 0) is 0 Å². The summed E-state index contributed by atoms with van der Waals surface area (Å²) in [5, 5.41) is 4.87. The van der Waals surface area contributed by atoms with E-state index in [2.05, 4.69) is 21.1 Å². The first-order chi connectivity index (χ1) is 6.31. The van der Waals surface area contributed by atoms with Gasteiger partial charge in [0.05, 0.1) is 0 Å². The molecule has 0 saturated heterocycles. The number of nitroso groups, excluding NO2 is 1. The second kappa shape index (κ2) is 3.26. The molecule has 2 aromatic rings. The topological polar surface area (TPSA) is 29.4 Å². The van der Waals surface area contributed by atoms with Crippen LogP contribution in [0.3, 0.4) is 0 Å². The van der Waals surface area contributed by atoms with Gasteiger partial charge >= 0.3 is 0 Å². The van der Waals surface area contributed by atoms with Crippen LogP contribution in [0.5, 0.6) is 0 Å². The number of halogens is 1. The Morgan fingerprint density at radius 2 is 2.00 bits per heavy atom. The van der Waals surface area contributed by atoms with Crippen LogP contribution in [0.4, 0.5) is 5.69 Å². The molecule has 0 aromatic heterocycles. The van der Waals surface area contributed by atoms with E-state index in [1.165, 1.54) is 0 Å². The van der Waals surface area contributed by atoms with Gasteiger partial charge in [0, 0.05) is 9.86 Å². The van der Waals surface area contributed by atoms with Gasteiger partial charge in [0.25, 0.3) is 0 Å². The minimum absolute atomic E-state index is 0.491. The normalized spacial score (nSPS) is 10.2. The highest BCUT2D eigenvalue weighted by molar-refractivity contribution is 9.10. The van der Waals surface area contributed by atoms with Gasteiger partial charge in [0.2, 0.25) is 0 Å². The predicted octanol–water partition coefficient (Wildman–Crippen LogP) is 4.00. The van der Waals surface area contributed by atoms with Crippen molar-refractivity contribution in [3.05, 3.63) is 45.8 Å². The van der Waals surface area contributed by atoms with Gasteiger partial charge in [0.15, 0.2) is 0 Å². The molecule has 0 amide bonds. The minimum atomic E-state index is 0.491. The van der Waals surface area contributed by atoms with Gasteiger partial charge in [-0.3, -0.25) is 0 Å². The number of hydrogen-bond acceptors (Lipinski definition) is 2. The molecule has 0 radical (unpaired) electrons. The van der Waals surface area contributed by atoms with Crippen LogP contribution in [0.2, 0.25) is 0 Å². The second-order valence-corrected chi connectivity index (χ2v) is 3.65. The van der Waals surface area contributed by atoms with E-state index in [1.54, 1.807) is 6.07 Å². The van der Waals surface area contributed by atoms with Crippen LogP contribution >= 0.6 is 15.9 Å². The van der Waals surface area contributed by atoms with E-state index in [1.807, 2.05) is 30.3 Å². The van der Waals surface area contributed by atoms with Crippen LogP contribution in [0.1, 0.15) is 0 Å². The molecule has 3 heteroatoms. The van der Waals surface area contributed by atoms with Crippen molar-refractivity contribution in [2.45, 2.75) is 0 Å². The number of hydrogen-bond donors (Lipinski definition) is 0. The van der Waals surface area contributed by atoms with Crippen LogP contribution in [0, 0.1) is 4.91 Å². The smallest absolute Gasteiger partial charge is 0.115 e. The standard InChI is InChI=1S/C10H6BrNO/c11-8-4-5-9-7(6-8)2-1-3-10(9)12-13/h1-6H. The Hall–Kier alpha value is -1.22. The Labute approximate surface area is 83.7 Å². The Balaban J connectivity index is 2.84. The molecule has 0 heterocycles. The van der Waals surface area contributed by atoms with Gasteiger partial charge < -0.3 is 0 Å². The van der Waals surface area contributed by atoms with Crippen LogP contribution in [-0.4, -0.2) is 0 Å². The zero-order chi connectivity index (χ0) is 9.26. The number of fused-ring (bicyclic) bond motifs is 1. The maximum Gasteiger partial charge on any atom is 0.115 e. The quantitative estimate of drug-likeness (QED) is 0.688. The SMILES string of the molecule is O=Nc1cccc2cc(Br)ccc12. The lowest BCUT2D eigenvalue weighted by atomic mass is 10.1. The first-order valence-corrected chi connectivity index (χ1v) is 4.62. The minimum Gasteiger partial charge on any atom is -0.145 e. The molecule has 0 N–H and O–H groups in total. The predicted molar refractivity (Wildman–Crippen MR) is 57.1 cm³/mol. The van der Waals surface area contributed by atoms with Gasteiger partial charge in [-0.2, -0.15) is 0 Å². The molecular formula is C10H6BrNO. The van der Waals surface area contributed by atoms with Crippen molar-refractivity contribution in [3.63, 3.8) is 0 Å². The first kappa shape index (κ1) is 8.38. The van der Waals surface area contributed by atoms with Crippen molar-refractivity contribution in [2.24, 2.45) is 5.18 Å². The summed E-state index contributed by atoms with van der Waals surface area (Å²) in [6, 6.07) is 11.2. The Kier molecular flexibility index (Phi) is 2.10. The molecule has 2 nitrogen and oxygen atoms in total.